The molecule has 2 aromatic rings. The minimum Gasteiger partial charge on any atom is -0.378 e. The van der Waals surface area contributed by atoms with E-state index in [0.29, 0.717) is 24.6 Å². The van der Waals surface area contributed by atoms with Gasteiger partial charge < -0.3 is 20.3 Å². The van der Waals surface area contributed by atoms with E-state index >= 15 is 0 Å². The summed E-state index contributed by atoms with van der Waals surface area (Å²) in [6, 6.07) is 16.3. The molecule has 2 amide bonds. The lowest BCUT2D eigenvalue weighted by molar-refractivity contribution is -0.132. The highest BCUT2D eigenvalue weighted by Crippen LogP contribution is 2.26. The van der Waals surface area contributed by atoms with Crippen LogP contribution in [0.5, 0.6) is 0 Å². The lowest BCUT2D eigenvalue weighted by Crippen LogP contribution is -2.37. The zero-order valence-electron chi connectivity index (χ0n) is 13.2. The van der Waals surface area contributed by atoms with Gasteiger partial charge in [-0.2, -0.15) is 0 Å². The molecule has 1 aliphatic heterocycles. The standard InChI is InChI=1S/C18H19N3O3/c22-17(19-14-6-2-1-3-7-14)18(23)20-15-8-4-5-9-16(15)21-10-12-24-13-11-21/h1-9H,10-13H2,(H,19,22)(H,20,23). The molecule has 0 aromatic heterocycles. The van der Waals surface area contributed by atoms with Crippen molar-refractivity contribution in [3.63, 3.8) is 0 Å². The molecule has 1 heterocycles. The Kier molecular flexibility index (Phi) is 5.08. The summed E-state index contributed by atoms with van der Waals surface area (Å²) in [4.78, 5) is 26.4. The number of para-hydroxylation sites is 3. The highest BCUT2D eigenvalue weighted by molar-refractivity contribution is 6.43. The first kappa shape index (κ1) is 16.0. The third-order valence-corrected chi connectivity index (χ3v) is 3.74. The zero-order chi connectivity index (χ0) is 16.8. The molecule has 0 radical (unpaired) electrons. The Morgan fingerprint density at radius 2 is 1.46 bits per heavy atom. The number of nitrogens with one attached hydrogen (secondary N) is 2. The molecule has 1 saturated heterocycles. The van der Waals surface area contributed by atoms with Crippen molar-refractivity contribution in [1.82, 2.24) is 0 Å². The number of carbonyl (C=O) groups excluding carboxylic acids is 2. The van der Waals surface area contributed by atoms with E-state index in [2.05, 4.69) is 15.5 Å². The number of anilines is 3. The van der Waals surface area contributed by atoms with Crippen LogP contribution in [0.15, 0.2) is 54.6 Å². The molecule has 24 heavy (non-hydrogen) atoms. The highest BCUT2D eigenvalue weighted by atomic mass is 16.5. The molecule has 124 valence electrons. The minimum atomic E-state index is -0.696. The Morgan fingerprint density at radius 1 is 0.833 bits per heavy atom. The molecule has 0 spiro atoms. The number of nitrogens with zero attached hydrogens (tertiary/aromatic N) is 1. The Bertz CT molecular complexity index is 712. The van der Waals surface area contributed by atoms with Gasteiger partial charge in [0.05, 0.1) is 24.6 Å². The van der Waals surface area contributed by atoms with E-state index < -0.39 is 11.8 Å². The number of ether oxygens (including phenoxy) is 1. The van der Waals surface area contributed by atoms with Crippen molar-refractivity contribution in [1.29, 1.82) is 0 Å². The first-order chi connectivity index (χ1) is 11.7. The van der Waals surface area contributed by atoms with E-state index in [4.69, 9.17) is 4.74 Å². The molecule has 0 aliphatic carbocycles. The Labute approximate surface area is 140 Å². The summed E-state index contributed by atoms with van der Waals surface area (Å²) in [7, 11) is 0. The van der Waals surface area contributed by atoms with Gasteiger partial charge in [0.2, 0.25) is 0 Å². The van der Waals surface area contributed by atoms with Gasteiger partial charge in [-0.05, 0) is 24.3 Å². The van der Waals surface area contributed by atoms with Gasteiger partial charge in [-0.25, -0.2) is 0 Å². The normalized spacial score (nSPS) is 14.1. The van der Waals surface area contributed by atoms with Crippen molar-refractivity contribution in [2.75, 3.05) is 41.8 Å². The average molecular weight is 325 g/mol. The third kappa shape index (κ3) is 3.91. The highest BCUT2D eigenvalue weighted by Gasteiger charge is 2.19. The van der Waals surface area contributed by atoms with Gasteiger partial charge in [0, 0.05) is 18.8 Å². The van der Waals surface area contributed by atoms with Crippen LogP contribution in [0, 0.1) is 0 Å². The monoisotopic (exact) mass is 325 g/mol. The van der Waals surface area contributed by atoms with E-state index in [-0.39, 0.29) is 0 Å². The fourth-order valence-corrected chi connectivity index (χ4v) is 2.55. The van der Waals surface area contributed by atoms with Crippen LogP contribution in [0.25, 0.3) is 0 Å². The second kappa shape index (κ2) is 7.61. The molecule has 3 rings (SSSR count). The van der Waals surface area contributed by atoms with E-state index in [9.17, 15) is 9.59 Å². The topological polar surface area (TPSA) is 70.7 Å². The quantitative estimate of drug-likeness (QED) is 0.848. The van der Waals surface area contributed by atoms with Crippen LogP contribution in [-0.2, 0) is 14.3 Å². The molecule has 0 bridgehead atoms. The summed E-state index contributed by atoms with van der Waals surface area (Å²) in [5.74, 6) is -1.39. The summed E-state index contributed by atoms with van der Waals surface area (Å²) < 4.78 is 5.35. The number of morpholine rings is 1. The number of carbonyl (C=O) groups is 2. The van der Waals surface area contributed by atoms with E-state index in [1.807, 2.05) is 24.3 Å². The summed E-state index contributed by atoms with van der Waals surface area (Å²) in [6.45, 7) is 2.81. The molecule has 1 aliphatic rings. The molecule has 0 unspecified atom stereocenters. The van der Waals surface area contributed by atoms with Gasteiger partial charge in [-0.3, -0.25) is 9.59 Å². The molecule has 6 nitrogen and oxygen atoms in total. The molecule has 6 heteroatoms. The van der Waals surface area contributed by atoms with E-state index in [1.54, 1.807) is 30.3 Å². The maximum atomic E-state index is 12.2. The van der Waals surface area contributed by atoms with Crippen molar-refractivity contribution in [3.8, 4) is 0 Å². The third-order valence-electron chi connectivity index (χ3n) is 3.74. The van der Waals surface area contributed by atoms with Crippen LogP contribution in [0.4, 0.5) is 17.1 Å². The molecule has 0 atom stereocenters. The van der Waals surface area contributed by atoms with Gasteiger partial charge >= 0.3 is 11.8 Å². The minimum absolute atomic E-state index is 0.583. The van der Waals surface area contributed by atoms with Crippen molar-refractivity contribution >= 4 is 28.9 Å². The molecule has 2 aromatic carbocycles. The largest absolute Gasteiger partial charge is 0.378 e. The van der Waals surface area contributed by atoms with Crippen LogP contribution >= 0.6 is 0 Å². The Morgan fingerprint density at radius 3 is 2.21 bits per heavy atom. The van der Waals surface area contributed by atoms with Crippen molar-refractivity contribution in [2.45, 2.75) is 0 Å². The van der Waals surface area contributed by atoms with Gasteiger partial charge in [-0.1, -0.05) is 30.3 Å². The number of amides is 2. The van der Waals surface area contributed by atoms with Gasteiger partial charge in [0.1, 0.15) is 0 Å². The van der Waals surface area contributed by atoms with Gasteiger partial charge in [0.25, 0.3) is 0 Å². The second-order valence-corrected chi connectivity index (χ2v) is 5.39. The van der Waals surface area contributed by atoms with Crippen molar-refractivity contribution < 1.29 is 14.3 Å². The molecule has 0 saturated carbocycles. The second-order valence-electron chi connectivity index (χ2n) is 5.39. The first-order valence-electron chi connectivity index (χ1n) is 7.83. The van der Waals surface area contributed by atoms with Crippen molar-refractivity contribution in [3.05, 3.63) is 54.6 Å². The van der Waals surface area contributed by atoms with Gasteiger partial charge in [-0.15, -0.1) is 0 Å². The van der Waals surface area contributed by atoms with Crippen LogP contribution in [0.1, 0.15) is 0 Å². The lowest BCUT2D eigenvalue weighted by Gasteiger charge is -2.30. The van der Waals surface area contributed by atoms with E-state index in [1.165, 1.54) is 0 Å². The smallest absolute Gasteiger partial charge is 0.314 e. The fourth-order valence-electron chi connectivity index (χ4n) is 2.55. The maximum Gasteiger partial charge on any atom is 0.314 e. The molecule has 2 N–H and O–H groups in total. The molecular formula is C18H19N3O3. The predicted octanol–water partition coefficient (Wildman–Crippen LogP) is 2.10. The summed E-state index contributed by atoms with van der Waals surface area (Å²) in [6.07, 6.45) is 0. The Balaban J connectivity index is 1.69. The van der Waals surface area contributed by atoms with Crippen LogP contribution in [-0.4, -0.2) is 38.1 Å². The molecular weight excluding hydrogens is 306 g/mol. The number of benzene rings is 2. The summed E-state index contributed by atoms with van der Waals surface area (Å²) >= 11 is 0. The number of hydrogen-bond donors (Lipinski definition) is 2. The molecule has 1 fully saturated rings. The first-order valence-corrected chi connectivity index (χ1v) is 7.83. The predicted molar refractivity (Wildman–Crippen MR) is 93.2 cm³/mol. The van der Waals surface area contributed by atoms with Crippen LogP contribution in [0.3, 0.4) is 0 Å². The van der Waals surface area contributed by atoms with Crippen molar-refractivity contribution in [2.24, 2.45) is 0 Å². The maximum absolute atomic E-state index is 12.2. The van der Waals surface area contributed by atoms with Crippen LogP contribution < -0.4 is 15.5 Å². The van der Waals surface area contributed by atoms with Crippen LogP contribution in [0.2, 0.25) is 0 Å². The lowest BCUT2D eigenvalue weighted by atomic mass is 10.2. The SMILES string of the molecule is O=C(Nc1ccccc1)C(=O)Nc1ccccc1N1CCOCC1. The fraction of sp³-hybridized carbons (Fsp3) is 0.222. The number of rotatable bonds is 3. The number of hydrogen-bond acceptors (Lipinski definition) is 4. The zero-order valence-corrected chi connectivity index (χ0v) is 13.2. The van der Waals surface area contributed by atoms with Gasteiger partial charge in [0.15, 0.2) is 0 Å². The Hall–Kier alpha value is -2.86. The summed E-state index contributed by atoms with van der Waals surface area (Å²) in [5, 5.41) is 5.27. The summed E-state index contributed by atoms with van der Waals surface area (Å²) in [5.41, 5.74) is 2.09. The van der Waals surface area contributed by atoms with E-state index in [0.717, 1.165) is 18.8 Å². The average Bonchev–Trinajstić information content (AvgIpc) is 2.63.